The smallest absolute Gasteiger partial charge is 0.164 e. The number of hydrogen-bond donors (Lipinski definition) is 0. The van der Waals surface area contributed by atoms with Crippen LogP contribution in [-0.2, 0) is 0 Å². The summed E-state index contributed by atoms with van der Waals surface area (Å²) in [7, 11) is 0. The maximum atomic E-state index is 7.39. The third kappa shape index (κ3) is 5.34. The molecule has 204 valence electrons. The van der Waals surface area contributed by atoms with Crippen LogP contribution in [0.5, 0.6) is 0 Å². The molecule has 1 aromatic heterocycles. The van der Waals surface area contributed by atoms with Crippen molar-refractivity contribution in [1.82, 2.24) is 15.0 Å². The molecule has 0 saturated carbocycles. The third-order valence-corrected chi connectivity index (χ3v) is 7.81. The van der Waals surface area contributed by atoms with Gasteiger partial charge in [-0.1, -0.05) is 163 Å². The van der Waals surface area contributed by atoms with Crippen LogP contribution >= 0.6 is 11.6 Å². The van der Waals surface area contributed by atoms with Gasteiger partial charge in [0.1, 0.15) is 0 Å². The van der Waals surface area contributed by atoms with Crippen molar-refractivity contribution in [3.63, 3.8) is 0 Å². The van der Waals surface area contributed by atoms with Crippen molar-refractivity contribution in [3.8, 4) is 67.5 Å². The molecule has 0 N–H and O–H groups in total. The fraction of sp³-hybridized carbons (Fsp3) is 0. The number of hydrogen-bond acceptors (Lipinski definition) is 3. The molecular weight excluding hydrogens is 546 g/mol. The number of benzene rings is 6. The summed E-state index contributed by atoms with van der Waals surface area (Å²) in [6.45, 7) is 0. The Kier molecular flexibility index (Phi) is 7.31. The fourth-order valence-electron chi connectivity index (χ4n) is 5.37. The van der Waals surface area contributed by atoms with Crippen molar-refractivity contribution in [2.24, 2.45) is 0 Å². The Bertz CT molecular complexity index is 1940. The molecule has 43 heavy (non-hydrogen) atoms. The lowest BCUT2D eigenvalue weighted by atomic mass is 9.86. The number of halogens is 1. The Labute approximate surface area is 256 Å². The van der Waals surface area contributed by atoms with Gasteiger partial charge in [0.05, 0.1) is 5.02 Å². The first-order chi connectivity index (χ1) is 21.3. The molecule has 7 aromatic rings. The molecule has 0 unspecified atom stereocenters. The maximum absolute atomic E-state index is 7.39. The first kappa shape index (κ1) is 26.5. The molecule has 0 radical (unpaired) electrons. The SMILES string of the molecule is Clc1c(-c2ccccc2)cc(-c2nc(-c3ccccc3)nc(-c3ccccc3)n2)c(-c2ccccc2)c1-c1ccccc1. The Morgan fingerprint density at radius 3 is 1.12 bits per heavy atom. The number of nitrogens with zero attached hydrogens (tertiary/aromatic N) is 3. The van der Waals surface area contributed by atoms with Gasteiger partial charge in [0, 0.05) is 33.4 Å². The normalized spacial score (nSPS) is 10.9. The lowest BCUT2D eigenvalue weighted by Gasteiger charge is -2.21. The predicted molar refractivity (Wildman–Crippen MR) is 177 cm³/mol. The van der Waals surface area contributed by atoms with Gasteiger partial charge >= 0.3 is 0 Å². The van der Waals surface area contributed by atoms with Crippen LogP contribution in [-0.4, -0.2) is 15.0 Å². The molecule has 0 aliphatic heterocycles. The summed E-state index contributed by atoms with van der Waals surface area (Å²) >= 11 is 7.39. The van der Waals surface area contributed by atoms with Gasteiger partial charge in [0.15, 0.2) is 17.5 Å². The predicted octanol–water partition coefficient (Wildman–Crippen LogP) is 10.5. The number of aromatic nitrogens is 3. The second-order valence-corrected chi connectivity index (χ2v) is 10.5. The van der Waals surface area contributed by atoms with Crippen molar-refractivity contribution in [2.45, 2.75) is 0 Å². The molecule has 4 heteroatoms. The molecule has 0 fully saturated rings. The van der Waals surface area contributed by atoms with Gasteiger partial charge in [-0.25, -0.2) is 15.0 Å². The van der Waals surface area contributed by atoms with E-state index in [-0.39, 0.29) is 0 Å². The molecule has 0 amide bonds. The molecular formula is C39H26ClN3. The average molecular weight is 572 g/mol. The Morgan fingerprint density at radius 2 is 0.674 bits per heavy atom. The molecule has 0 spiro atoms. The zero-order chi connectivity index (χ0) is 29.0. The molecule has 1 heterocycles. The first-order valence-electron chi connectivity index (χ1n) is 14.2. The number of rotatable bonds is 6. The topological polar surface area (TPSA) is 38.7 Å². The molecule has 0 atom stereocenters. The molecule has 3 nitrogen and oxygen atoms in total. The summed E-state index contributed by atoms with van der Waals surface area (Å²) in [4.78, 5) is 15.2. The van der Waals surface area contributed by atoms with E-state index in [1.54, 1.807) is 0 Å². The van der Waals surface area contributed by atoms with E-state index in [1.165, 1.54) is 0 Å². The van der Waals surface area contributed by atoms with E-state index in [2.05, 4.69) is 42.5 Å². The zero-order valence-corrected chi connectivity index (χ0v) is 24.0. The first-order valence-corrected chi connectivity index (χ1v) is 14.5. The highest BCUT2D eigenvalue weighted by Crippen LogP contribution is 2.48. The monoisotopic (exact) mass is 571 g/mol. The molecule has 0 saturated heterocycles. The van der Waals surface area contributed by atoms with E-state index in [1.807, 2.05) is 115 Å². The van der Waals surface area contributed by atoms with Gasteiger partial charge in [0.2, 0.25) is 0 Å². The van der Waals surface area contributed by atoms with E-state index in [9.17, 15) is 0 Å². The van der Waals surface area contributed by atoms with E-state index in [0.717, 1.165) is 50.1 Å². The molecule has 0 aliphatic rings. The summed E-state index contributed by atoms with van der Waals surface area (Å²) in [5.41, 5.74) is 8.62. The highest BCUT2D eigenvalue weighted by atomic mass is 35.5. The standard InChI is InChI=1S/C39H26ClN3/c40-36-32(27-16-6-1-7-17-27)26-33(34(28-18-8-2-9-19-28)35(36)29-20-10-3-11-21-29)39-42-37(30-22-12-4-13-23-30)41-38(43-39)31-24-14-5-15-25-31/h1-26H. The van der Waals surface area contributed by atoms with Gasteiger partial charge in [-0.2, -0.15) is 0 Å². The van der Waals surface area contributed by atoms with E-state index in [0.29, 0.717) is 22.5 Å². The van der Waals surface area contributed by atoms with Crippen LogP contribution in [0, 0.1) is 0 Å². The van der Waals surface area contributed by atoms with Crippen LogP contribution in [0.3, 0.4) is 0 Å². The van der Waals surface area contributed by atoms with E-state index < -0.39 is 0 Å². The van der Waals surface area contributed by atoms with Gasteiger partial charge in [-0.15, -0.1) is 0 Å². The minimum Gasteiger partial charge on any atom is -0.208 e. The summed E-state index contributed by atoms with van der Waals surface area (Å²) < 4.78 is 0. The van der Waals surface area contributed by atoms with Crippen LogP contribution in [0.4, 0.5) is 0 Å². The lowest BCUT2D eigenvalue weighted by molar-refractivity contribution is 1.07. The van der Waals surface area contributed by atoms with Crippen molar-refractivity contribution < 1.29 is 0 Å². The Balaban J connectivity index is 1.61. The van der Waals surface area contributed by atoms with E-state index in [4.69, 9.17) is 26.6 Å². The summed E-state index contributed by atoms with van der Waals surface area (Å²) in [5.74, 6) is 1.81. The van der Waals surface area contributed by atoms with Gasteiger partial charge in [-0.05, 0) is 22.8 Å². The van der Waals surface area contributed by atoms with Gasteiger partial charge in [-0.3, -0.25) is 0 Å². The van der Waals surface area contributed by atoms with Crippen molar-refractivity contribution >= 4 is 11.6 Å². The summed E-state index contributed by atoms with van der Waals surface area (Å²) in [6, 6.07) is 53.1. The molecule has 6 aromatic carbocycles. The van der Waals surface area contributed by atoms with Gasteiger partial charge < -0.3 is 0 Å². The minimum absolute atomic E-state index is 0.581. The Hall–Kier alpha value is -5.38. The molecule has 0 bridgehead atoms. The van der Waals surface area contributed by atoms with Crippen LogP contribution in [0.1, 0.15) is 0 Å². The highest BCUT2D eigenvalue weighted by Gasteiger charge is 2.24. The summed E-state index contributed by atoms with van der Waals surface area (Å²) in [6.07, 6.45) is 0. The average Bonchev–Trinajstić information content (AvgIpc) is 3.10. The van der Waals surface area contributed by atoms with Crippen LogP contribution in [0.25, 0.3) is 67.5 Å². The lowest BCUT2D eigenvalue weighted by Crippen LogP contribution is -2.02. The van der Waals surface area contributed by atoms with Crippen LogP contribution in [0.2, 0.25) is 5.02 Å². The van der Waals surface area contributed by atoms with Gasteiger partial charge in [0.25, 0.3) is 0 Å². The zero-order valence-electron chi connectivity index (χ0n) is 23.2. The summed E-state index contributed by atoms with van der Waals surface area (Å²) in [5, 5.41) is 0.681. The largest absolute Gasteiger partial charge is 0.208 e. The highest BCUT2D eigenvalue weighted by molar-refractivity contribution is 6.37. The minimum atomic E-state index is 0.581. The maximum Gasteiger partial charge on any atom is 0.164 e. The van der Waals surface area contributed by atoms with Crippen LogP contribution in [0.15, 0.2) is 158 Å². The molecule has 7 rings (SSSR count). The van der Waals surface area contributed by atoms with Crippen molar-refractivity contribution in [2.75, 3.05) is 0 Å². The van der Waals surface area contributed by atoms with Crippen molar-refractivity contribution in [1.29, 1.82) is 0 Å². The Morgan fingerprint density at radius 1 is 0.326 bits per heavy atom. The third-order valence-electron chi connectivity index (χ3n) is 7.41. The quantitative estimate of drug-likeness (QED) is 0.199. The second-order valence-electron chi connectivity index (χ2n) is 10.2. The second kappa shape index (κ2) is 11.8. The van der Waals surface area contributed by atoms with Crippen LogP contribution < -0.4 is 0 Å². The van der Waals surface area contributed by atoms with Crippen molar-refractivity contribution in [3.05, 3.63) is 163 Å². The fourth-order valence-corrected chi connectivity index (χ4v) is 5.74. The van der Waals surface area contributed by atoms with E-state index >= 15 is 0 Å². The molecule has 0 aliphatic carbocycles.